The highest BCUT2D eigenvalue weighted by Gasteiger charge is 2.27. The lowest BCUT2D eigenvalue weighted by atomic mass is 10.2. The Morgan fingerprint density at radius 2 is 2.14 bits per heavy atom. The van der Waals surface area contributed by atoms with E-state index in [1.54, 1.807) is 11.1 Å². The number of hydrogen-bond donors (Lipinski definition) is 2. The van der Waals surface area contributed by atoms with Crippen molar-refractivity contribution in [2.45, 2.75) is 22.5 Å². The number of thioether (sulfide) groups is 1. The second-order valence-corrected chi connectivity index (χ2v) is 7.64. The summed E-state index contributed by atoms with van der Waals surface area (Å²) in [5.41, 5.74) is 0.832. The SMILES string of the molecule is NS(=O)(=O)c1ccc2c(c1)SNN(CSCC(F)(F)F)C2. The fourth-order valence-electron chi connectivity index (χ4n) is 1.63. The lowest BCUT2D eigenvalue weighted by Gasteiger charge is -2.28. The van der Waals surface area contributed by atoms with E-state index in [1.807, 2.05) is 0 Å². The first-order valence-corrected chi connectivity index (χ1v) is 9.14. The van der Waals surface area contributed by atoms with Gasteiger partial charge in [-0.15, -0.1) is 11.8 Å². The molecule has 2 rings (SSSR count). The van der Waals surface area contributed by atoms with Gasteiger partial charge in [-0.05, 0) is 29.6 Å². The molecule has 0 spiro atoms. The van der Waals surface area contributed by atoms with Crippen molar-refractivity contribution in [2.75, 3.05) is 11.6 Å². The molecule has 1 heterocycles. The van der Waals surface area contributed by atoms with Crippen LogP contribution in [0.25, 0.3) is 0 Å². The average molecular weight is 359 g/mol. The lowest BCUT2D eigenvalue weighted by Crippen LogP contribution is -2.36. The third-order valence-corrected chi connectivity index (χ3v) is 5.41. The van der Waals surface area contributed by atoms with E-state index in [-0.39, 0.29) is 10.8 Å². The maximum atomic E-state index is 12.1. The molecule has 0 aromatic heterocycles. The zero-order valence-electron chi connectivity index (χ0n) is 10.6. The molecule has 0 amide bonds. The fraction of sp³-hybridized carbons (Fsp3) is 0.400. The number of nitrogens with one attached hydrogen (secondary N) is 1. The van der Waals surface area contributed by atoms with Gasteiger partial charge in [-0.3, -0.25) is 0 Å². The van der Waals surface area contributed by atoms with Crippen LogP contribution in [0.15, 0.2) is 28.0 Å². The summed E-state index contributed by atoms with van der Waals surface area (Å²) >= 11 is 1.90. The van der Waals surface area contributed by atoms with Crippen LogP contribution in [-0.2, 0) is 16.6 Å². The van der Waals surface area contributed by atoms with Crippen LogP contribution >= 0.6 is 23.7 Å². The van der Waals surface area contributed by atoms with E-state index in [0.29, 0.717) is 11.4 Å². The van der Waals surface area contributed by atoms with Gasteiger partial charge in [-0.2, -0.15) is 18.0 Å². The number of sulfonamides is 1. The second-order valence-electron chi connectivity index (χ2n) is 4.30. The summed E-state index contributed by atoms with van der Waals surface area (Å²) in [5, 5.41) is 6.67. The quantitative estimate of drug-likeness (QED) is 0.800. The van der Waals surface area contributed by atoms with E-state index in [0.717, 1.165) is 29.3 Å². The van der Waals surface area contributed by atoms with Gasteiger partial charge in [0.1, 0.15) is 0 Å². The summed E-state index contributed by atoms with van der Waals surface area (Å²) in [6.07, 6.45) is -4.18. The van der Waals surface area contributed by atoms with Crippen LogP contribution in [0.4, 0.5) is 13.2 Å². The van der Waals surface area contributed by atoms with E-state index in [2.05, 4.69) is 4.83 Å². The normalized spacial score (nSPS) is 16.8. The Bertz CT molecular complexity index is 622. The van der Waals surface area contributed by atoms with Crippen molar-refractivity contribution in [3.8, 4) is 0 Å². The third-order valence-electron chi connectivity index (χ3n) is 2.53. The van der Waals surface area contributed by atoms with Crippen LogP contribution in [0.1, 0.15) is 5.56 Å². The Morgan fingerprint density at radius 3 is 2.76 bits per heavy atom. The van der Waals surface area contributed by atoms with E-state index >= 15 is 0 Å². The summed E-state index contributed by atoms with van der Waals surface area (Å²) in [6, 6.07) is 4.45. The second kappa shape index (κ2) is 6.34. The Labute approximate surface area is 128 Å². The van der Waals surface area contributed by atoms with Gasteiger partial charge in [0.15, 0.2) is 0 Å². The first-order valence-electron chi connectivity index (χ1n) is 5.63. The van der Waals surface area contributed by atoms with Crippen LogP contribution < -0.4 is 9.97 Å². The number of hydrazine groups is 1. The van der Waals surface area contributed by atoms with E-state index < -0.39 is 22.0 Å². The van der Waals surface area contributed by atoms with Gasteiger partial charge in [0, 0.05) is 11.4 Å². The van der Waals surface area contributed by atoms with Crippen molar-refractivity contribution in [3.05, 3.63) is 23.8 Å². The number of alkyl halides is 3. The molecule has 0 saturated carbocycles. The number of hydrogen-bond acceptors (Lipinski definition) is 6. The van der Waals surface area contributed by atoms with Gasteiger partial charge < -0.3 is 0 Å². The maximum Gasteiger partial charge on any atom is 0.397 e. The summed E-state index contributed by atoms with van der Waals surface area (Å²) in [7, 11) is -3.76. The molecule has 0 bridgehead atoms. The lowest BCUT2D eigenvalue weighted by molar-refractivity contribution is -0.105. The van der Waals surface area contributed by atoms with Gasteiger partial charge in [0.25, 0.3) is 0 Å². The predicted octanol–water partition coefficient (Wildman–Crippen LogP) is 1.91. The van der Waals surface area contributed by atoms with Crippen LogP contribution in [0.3, 0.4) is 0 Å². The Morgan fingerprint density at radius 1 is 1.43 bits per heavy atom. The van der Waals surface area contributed by atoms with Crippen molar-refractivity contribution in [2.24, 2.45) is 5.14 Å². The Hall–Kier alpha value is -0.460. The molecular weight excluding hydrogens is 347 g/mol. The molecule has 1 aliphatic rings. The highest BCUT2D eigenvalue weighted by atomic mass is 32.2. The minimum atomic E-state index is -4.18. The van der Waals surface area contributed by atoms with Crippen molar-refractivity contribution < 1.29 is 21.6 Å². The number of rotatable bonds is 4. The molecule has 11 heteroatoms. The van der Waals surface area contributed by atoms with Crippen LogP contribution in [0, 0.1) is 0 Å². The zero-order valence-corrected chi connectivity index (χ0v) is 13.0. The summed E-state index contributed by atoms with van der Waals surface area (Å²) in [6.45, 7) is 0.387. The van der Waals surface area contributed by atoms with Crippen molar-refractivity contribution in [1.29, 1.82) is 0 Å². The number of nitrogens with zero attached hydrogens (tertiary/aromatic N) is 1. The third kappa shape index (κ3) is 5.04. The molecular formula is C10H12F3N3O2S3. The molecule has 5 nitrogen and oxygen atoms in total. The van der Waals surface area contributed by atoms with Crippen LogP contribution in [0.5, 0.6) is 0 Å². The number of halogens is 3. The minimum Gasteiger partial charge on any atom is -0.225 e. The molecule has 21 heavy (non-hydrogen) atoms. The number of fused-ring (bicyclic) bond motifs is 1. The van der Waals surface area contributed by atoms with E-state index in [1.165, 1.54) is 12.1 Å². The van der Waals surface area contributed by atoms with E-state index in [4.69, 9.17) is 5.14 Å². The predicted molar refractivity (Wildman–Crippen MR) is 75.7 cm³/mol. The van der Waals surface area contributed by atoms with Crippen LogP contribution in [0.2, 0.25) is 0 Å². The monoisotopic (exact) mass is 359 g/mol. The number of benzene rings is 1. The van der Waals surface area contributed by atoms with Gasteiger partial charge in [0.2, 0.25) is 10.0 Å². The first kappa shape index (κ1) is 16.9. The molecule has 3 N–H and O–H groups in total. The van der Waals surface area contributed by atoms with Gasteiger partial charge in [-0.1, -0.05) is 6.07 Å². The standard InChI is InChI=1S/C10H12F3N3O2S3/c11-10(12,13)5-19-6-16-4-7-1-2-8(21(14,17)18)3-9(7)20-15-16/h1-3,15H,4-6H2,(H2,14,17,18). The highest BCUT2D eigenvalue weighted by Crippen LogP contribution is 2.30. The first-order chi connectivity index (χ1) is 9.65. The zero-order chi connectivity index (χ0) is 15.7. The molecule has 0 fully saturated rings. The summed E-state index contributed by atoms with van der Waals surface area (Å²) in [4.78, 5) is 3.57. The van der Waals surface area contributed by atoms with Gasteiger partial charge in [-0.25, -0.2) is 18.6 Å². The fourth-order valence-corrected chi connectivity index (χ4v) is 3.83. The largest absolute Gasteiger partial charge is 0.397 e. The van der Waals surface area contributed by atoms with Gasteiger partial charge >= 0.3 is 6.18 Å². The topological polar surface area (TPSA) is 75.4 Å². The van der Waals surface area contributed by atoms with Crippen molar-refractivity contribution >= 4 is 33.7 Å². The molecule has 118 valence electrons. The number of primary sulfonamides is 1. The Balaban J connectivity index is 1.98. The van der Waals surface area contributed by atoms with Crippen molar-refractivity contribution in [3.63, 3.8) is 0 Å². The maximum absolute atomic E-state index is 12.1. The van der Waals surface area contributed by atoms with E-state index in [9.17, 15) is 21.6 Å². The summed E-state index contributed by atoms with van der Waals surface area (Å²) in [5.74, 6) is -0.740. The molecule has 0 atom stereocenters. The molecule has 0 saturated heterocycles. The van der Waals surface area contributed by atoms with Crippen molar-refractivity contribution in [1.82, 2.24) is 9.84 Å². The molecule has 1 aliphatic heterocycles. The van der Waals surface area contributed by atoms with Crippen LogP contribution in [-0.4, -0.2) is 31.2 Å². The molecule has 0 aliphatic carbocycles. The van der Waals surface area contributed by atoms with Gasteiger partial charge in [0.05, 0.1) is 16.5 Å². The smallest absolute Gasteiger partial charge is 0.225 e. The number of nitrogens with two attached hydrogens (primary N) is 1. The highest BCUT2D eigenvalue weighted by molar-refractivity contribution is 7.99. The minimum absolute atomic E-state index is 0.00967. The average Bonchev–Trinajstić information content (AvgIpc) is 2.35. The Kier molecular flexibility index (Phi) is 5.11. The molecule has 0 radical (unpaired) electrons. The summed E-state index contributed by atoms with van der Waals surface area (Å²) < 4.78 is 58.7. The molecule has 1 aromatic rings. The molecule has 0 unspecified atom stereocenters. The molecule has 1 aromatic carbocycles.